The molecule has 0 radical (unpaired) electrons. The number of methoxy groups -OCH3 is 1. The Bertz CT molecular complexity index is 923. The zero-order valence-electron chi connectivity index (χ0n) is 13.6. The first-order valence-electron chi connectivity index (χ1n) is 6.97. The highest BCUT2D eigenvalue weighted by molar-refractivity contribution is 6.31. The number of aryl methyl sites for hydroxylation is 1. The lowest BCUT2D eigenvalue weighted by molar-refractivity contribution is 0.413. The van der Waals surface area contributed by atoms with E-state index in [9.17, 15) is 9.18 Å². The number of aromatic nitrogens is 4. The number of allylic oxidation sites excluding steroid dienone is 4. The van der Waals surface area contributed by atoms with E-state index in [1.807, 2.05) is 0 Å². The molecule has 0 atom stereocenters. The number of ether oxygens (including phenoxy) is 1. The maximum absolute atomic E-state index is 13.7. The molecule has 0 aliphatic rings. The summed E-state index contributed by atoms with van der Waals surface area (Å²) in [5, 5.41) is 9.04. The molecule has 9 heteroatoms. The van der Waals surface area contributed by atoms with Crippen LogP contribution in [0.4, 0.5) is 15.9 Å². The smallest absolute Gasteiger partial charge is 0.287 e. The molecule has 0 unspecified atom stereocenters. The van der Waals surface area contributed by atoms with Crippen LogP contribution in [0.2, 0.25) is 0 Å². The molecule has 0 spiro atoms. The predicted octanol–water partition coefficient (Wildman–Crippen LogP) is 3.24. The zero-order chi connectivity index (χ0) is 18.6. The molecule has 0 aliphatic carbocycles. The molecular weight excluding hydrogens is 349 g/mol. The van der Waals surface area contributed by atoms with Crippen molar-refractivity contribution in [2.45, 2.75) is 6.92 Å². The first-order valence-corrected chi connectivity index (χ1v) is 7.35. The molecule has 2 rings (SSSR count). The lowest BCUT2D eigenvalue weighted by atomic mass is 10.2. The molecule has 0 amide bonds. The number of rotatable bonds is 6. The number of anilines is 2. The Morgan fingerprint density at radius 3 is 2.80 bits per heavy atom. The van der Waals surface area contributed by atoms with Crippen molar-refractivity contribution >= 4 is 28.7 Å². The van der Waals surface area contributed by atoms with Gasteiger partial charge in [-0.05, 0) is 19.1 Å². The average Bonchev–Trinajstić information content (AvgIpc) is 2.55. The Balaban J connectivity index is 2.54. The summed E-state index contributed by atoms with van der Waals surface area (Å²) >= 11 is 5.71. The summed E-state index contributed by atoms with van der Waals surface area (Å²) < 4.78 is 18.9. The Hall–Kier alpha value is -3.00. The third-order valence-corrected chi connectivity index (χ3v) is 3.10. The molecular formula is C16H15ClFN5O2. The van der Waals surface area contributed by atoms with Crippen molar-refractivity contribution in [1.82, 2.24) is 20.2 Å². The van der Waals surface area contributed by atoms with Crippen LogP contribution in [-0.2, 0) is 0 Å². The van der Waals surface area contributed by atoms with Gasteiger partial charge in [0.25, 0.3) is 5.56 Å². The van der Waals surface area contributed by atoms with Gasteiger partial charge in [0.15, 0.2) is 17.4 Å². The molecule has 0 fully saturated rings. The van der Waals surface area contributed by atoms with Gasteiger partial charge in [-0.1, -0.05) is 24.8 Å². The van der Waals surface area contributed by atoms with Gasteiger partial charge < -0.3 is 10.1 Å². The molecule has 0 aromatic carbocycles. The number of hydrogen-bond donors (Lipinski definition) is 2. The van der Waals surface area contributed by atoms with Gasteiger partial charge in [-0.3, -0.25) is 4.79 Å². The maximum atomic E-state index is 13.7. The lowest BCUT2D eigenvalue weighted by Crippen LogP contribution is -2.15. The van der Waals surface area contributed by atoms with Crippen LogP contribution in [0.25, 0.3) is 5.57 Å². The molecule has 0 saturated heterocycles. The van der Waals surface area contributed by atoms with E-state index in [2.05, 4.69) is 38.6 Å². The maximum Gasteiger partial charge on any atom is 0.287 e. The van der Waals surface area contributed by atoms with Crippen LogP contribution in [0.5, 0.6) is 5.75 Å². The van der Waals surface area contributed by atoms with Crippen LogP contribution in [-0.4, -0.2) is 27.3 Å². The Morgan fingerprint density at radius 2 is 2.20 bits per heavy atom. The third-order valence-electron chi connectivity index (χ3n) is 2.99. The van der Waals surface area contributed by atoms with Crippen LogP contribution >= 0.6 is 11.6 Å². The SMILES string of the molecule is C=C(Cl)/C=C(\C(=C)F)c1ncc(OC)c(Nc2cc(C)n[nH]c2=O)n1. The topological polar surface area (TPSA) is 92.8 Å². The standard InChI is InChI=1S/C16H15ClFN5O2/c1-8(17)5-11(10(3)18)14-19-7-13(25-4)15(21-14)20-12-6-9(2)22-23-16(12)24/h5-7H,1,3H2,2,4H3,(H,23,24)(H,19,20,21,22)/b11-5+. The van der Waals surface area contributed by atoms with E-state index in [0.29, 0.717) is 5.69 Å². The summed E-state index contributed by atoms with van der Waals surface area (Å²) in [4.78, 5) is 20.1. The van der Waals surface area contributed by atoms with Gasteiger partial charge in [-0.25, -0.2) is 19.5 Å². The summed E-state index contributed by atoms with van der Waals surface area (Å²) in [7, 11) is 1.41. The van der Waals surface area contributed by atoms with E-state index in [-0.39, 0.29) is 33.7 Å². The predicted molar refractivity (Wildman–Crippen MR) is 94.7 cm³/mol. The largest absolute Gasteiger partial charge is 0.491 e. The third kappa shape index (κ3) is 4.51. The van der Waals surface area contributed by atoms with Crippen LogP contribution < -0.4 is 15.6 Å². The normalized spacial score (nSPS) is 11.1. The van der Waals surface area contributed by atoms with Crippen molar-refractivity contribution in [3.63, 3.8) is 0 Å². The van der Waals surface area contributed by atoms with Gasteiger partial charge in [-0.15, -0.1) is 0 Å². The minimum Gasteiger partial charge on any atom is -0.491 e. The van der Waals surface area contributed by atoms with Crippen molar-refractivity contribution in [2.24, 2.45) is 0 Å². The lowest BCUT2D eigenvalue weighted by Gasteiger charge is -2.12. The molecule has 2 aromatic heterocycles. The molecule has 0 saturated carbocycles. The van der Waals surface area contributed by atoms with E-state index in [1.165, 1.54) is 25.4 Å². The fourth-order valence-electron chi connectivity index (χ4n) is 1.89. The van der Waals surface area contributed by atoms with Crippen LogP contribution in [0.3, 0.4) is 0 Å². The van der Waals surface area contributed by atoms with E-state index in [4.69, 9.17) is 16.3 Å². The van der Waals surface area contributed by atoms with Crippen molar-refractivity contribution in [1.29, 1.82) is 0 Å². The highest BCUT2D eigenvalue weighted by Crippen LogP contribution is 2.28. The second-order valence-corrected chi connectivity index (χ2v) is 5.38. The van der Waals surface area contributed by atoms with Crippen LogP contribution in [0.1, 0.15) is 11.5 Å². The fourth-order valence-corrected chi connectivity index (χ4v) is 2.00. The second-order valence-electron chi connectivity index (χ2n) is 4.90. The second kappa shape index (κ2) is 7.71. The molecule has 7 nitrogen and oxygen atoms in total. The molecule has 2 heterocycles. The molecule has 0 bridgehead atoms. The van der Waals surface area contributed by atoms with Gasteiger partial charge in [0.2, 0.25) is 0 Å². The number of H-pyrrole nitrogens is 1. The van der Waals surface area contributed by atoms with Crippen molar-refractivity contribution in [3.8, 4) is 5.75 Å². The van der Waals surface area contributed by atoms with Crippen LogP contribution in [0, 0.1) is 6.92 Å². The highest BCUT2D eigenvalue weighted by Gasteiger charge is 2.15. The van der Waals surface area contributed by atoms with E-state index in [0.717, 1.165) is 0 Å². The van der Waals surface area contributed by atoms with E-state index < -0.39 is 11.4 Å². The van der Waals surface area contributed by atoms with Gasteiger partial charge in [0.1, 0.15) is 11.5 Å². The molecule has 2 N–H and O–H groups in total. The minimum atomic E-state index is -0.782. The molecule has 130 valence electrons. The summed E-state index contributed by atoms with van der Waals surface area (Å²) in [6.07, 6.45) is 2.58. The van der Waals surface area contributed by atoms with Gasteiger partial charge in [-0.2, -0.15) is 5.10 Å². The van der Waals surface area contributed by atoms with Gasteiger partial charge >= 0.3 is 0 Å². The van der Waals surface area contributed by atoms with E-state index in [1.54, 1.807) is 6.92 Å². The highest BCUT2D eigenvalue weighted by atomic mass is 35.5. The zero-order valence-corrected chi connectivity index (χ0v) is 14.3. The number of halogens is 2. The summed E-state index contributed by atoms with van der Waals surface area (Å²) in [5.74, 6) is -0.364. The summed E-state index contributed by atoms with van der Waals surface area (Å²) in [6, 6.07) is 1.53. The summed E-state index contributed by atoms with van der Waals surface area (Å²) in [5.41, 5.74) is 0.298. The monoisotopic (exact) mass is 363 g/mol. The first-order chi connectivity index (χ1) is 11.8. The van der Waals surface area contributed by atoms with Gasteiger partial charge in [0, 0.05) is 5.03 Å². The Labute approximate surface area is 147 Å². The summed E-state index contributed by atoms with van der Waals surface area (Å²) in [6.45, 7) is 8.43. The average molecular weight is 364 g/mol. The quantitative estimate of drug-likeness (QED) is 0.765. The van der Waals surface area contributed by atoms with Crippen LogP contribution in [0.15, 0.2) is 47.2 Å². The number of aromatic amines is 1. The number of hydrogen-bond acceptors (Lipinski definition) is 6. The van der Waals surface area contributed by atoms with Crippen molar-refractivity contribution in [2.75, 3.05) is 12.4 Å². The fraction of sp³-hybridized carbons (Fsp3) is 0.125. The Kier molecular flexibility index (Phi) is 5.66. The molecule has 0 aliphatic heterocycles. The van der Waals surface area contributed by atoms with E-state index >= 15 is 0 Å². The number of nitrogens with one attached hydrogen (secondary N) is 2. The Morgan fingerprint density at radius 1 is 1.48 bits per heavy atom. The van der Waals surface area contributed by atoms with Gasteiger partial charge in [0.05, 0.1) is 24.6 Å². The molecule has 25 heavy (non-hydrogen) atoms. The first kappa shape index (κ1) is 18.3. The van der Waals surface area contributed by atoms with Crippen molar-refractivity contribution < 1.29 is 9.13 Å². The minimum absolute atomic E-state index is 0.000179. The number of nitrogens with zero attached hydrogens (tertiary/aromatic N) is 3. The molecule has 2 aromatic rings. The van der Waals surface area contributed by atoms with Crippen molar-refractivity contribution in [3.05, 3.63) is 64.2 Å².